The van der Waals surface area contributed by atoms with Gasteiger partial charge in [-0.1, -0.05) is 23.7 Å². The SMILES string of the molecule is O=C(O)c1cc(Cl)cc(-c2cccc(OC(F)(F)F)c2)c1. The van der Waals surface area contributed by atoms with Crippen LogP contribution in [0.4, 0.5) is 13.2 Å². The predicted octanol–water partition coefficient (Wildman–Crippen LogP) is 4.60. The molecule has 0 aliphatic rings. The minimum absolute atomic E-state index is 0.0559. The van der Waals surface area contributed by atoms with Crippen LogP contribution in [0.25, 0.3) is 11.1 Å². The molecule has 110 valence electrons. The van der Waals surface area contributed by atoms with E-state index < -0.39 is 18.1 Å². The summed E-state index contributed by atoms with van der Waals surface area (Å²) in [7, 11) is 0. The van der Waals surface area contributed by atoms with Gasteiger partial charge in [0, 0.05) is 5.02 Å². The van der Waals surface area contributed by atoms with Crippen molar-refractivity contribution in [3.63, 3.8) is 0 Å². The molecule has 0 fully saturated rings. The molecule has 0 aliphatic carbocycles. The first-order valence-electron chi connectivity index (χ1n) is 5.65. The first-order valence-corrected chi connectivity index (χ1v) is 6.02. The maximum Gasteiger partial charge on any atom is 0.573 e. The smallest absolute Gasteiger partial charge is 0.478 e. The van der Waals surface area contributed by atoms with Gasteiger partial charge in [-0.2, -0.15) is 0 Å². The number of alkyl halides is 3. The summed E-state index contributed by atoms with van der Waals surface area (Å²) in [4.78, 5) is 11.0. The molecule has 0 heterocycles. The highest BCUT2D eigenvalue weighted by molar-refractivity contribution is 6.31. The molecular formula is C14H8ClF3O3. The molecule has 2 aromatic carbocycles. The Morgan fingerprint density at radius 1 is 1.10 bits per heavy atom. The van der Waals surface area contributed by atoms with Crippen LogP contribution in [-0.4, -0.2) is 17.4 Å². The molecule has 0 aromatic heterocycles. The number of carboxylic acids is 1. The van der Waals surface area contributed by atoms with Crippen molar-refractivity contribution in [2.45, 2.75) is 6.36 Å². The average Bonchev–Trinajstić information content (AvgIpc) is 2.36. The Bertz CT molecular complexity index is 683. The minimum atomic E-state index is -4.79. The number of benzene rings is 2. The number of carboxylic acid groups (broad SMARTS) is 1. The summed E-state index contributed by atoms with van der Waals surface area (Å²) in [6.07, 6.45) is -4.79. The van der Waals surface area contributed by atoms with Crippen molar-refractivity contribution in [3.05, 3.63) is 53.1 Å². The third kappa shape index (κ3) is 4.13. The molecule has 1 N–H and O–H groups in total. The van der Waals surface area contributed by atoms with E-state index in [-0.39, 0.29) is 10.6 Å². The zero-order chi connectivity index (χ0) is 15.6. The molecule has 0 amide bonds. The number of hydrogen-bond donors (Lipinski definition) is 1. The van der Waals surface area contributed by atoms with Gasteiger partial charge in [0.25, 0.3) is 0 Å². The first kappa shape index (κ1) is 15.2. The molecule has 0 radical (unpaired) electrons. The Hall–Kier alpha value is -2.21. The number of ether oxygens (including phenoxy) is 1. The fourth-order valence-electron chi connectivity index (χ4n) is 1.75. The van der Waals surface area contributed by atoms with Crippen molar-refractivity contribution in [1.82, 2.24) is 0 Å². The monoisotopic (exact) mass is 316 g/mol. The Balaban J connectivity index is 2.42. The van der Waals surface area contributed by atoms with Crippen LogP contribution in [-0.2, 0) is 0 Å². The van der Waals surface area contributed by atoms with Gasteiger partial charge < -0.3 is 9.84 Å². The maximum absolute atomic E-state index is 12.2. The second-order valence-corrected chi connectivity index (χ2v) is 4.55. The molecule has 0 saturated carbocycles. The highest BCUT2D eigenvalue weighted by Crippen LogP contribution is 2.30. The lowest BCUT2D eigenvalue weighted by Gasteiger charge is -2.10. The number of rotatable bonds is 3. The van der Waals surface area contributed by atoms with Crippen molar-refractivity contribution < 1.29 is 27.8 Å². The third-order valence-corrected chi connectivity index (χ3v) is 2.76. The first-order chi connectivity index (χ1) is 9.74. The van der Waals surface area contributed by atoms with E-state index in [1.165, 1.54) is 30.3 Å². The maximum atomic E-state index is 12.2. The van der Waals surface area contributed by atoms with Gasteiger partial charge >= 0.3 is 12.3 Å². The standard InChI is InChI=1S/C14H8ClF3O3/c15-11-5-9(4-10(6-11)13(19)20)8-2-1-3-12(7-8)21-14(16,17)18/h1-7H,(H,19,20). The summed E-state index contributed by atoms with van der Waals surface area (Å²) in [5.74, 6) is -1.57. The van der Waals surface area contributed by atoms with E-state index in [4.69, 9.17) is 16.7 Å². The van der Waals surface area contributed by atoms with E-state index in [1.807, 2.05) is 0 Å². The van der Waals surface area contributed by atoms with Crippen LogP contribution in [0.2, 0.25) is 5.02 Å². The minimum Gasteiger partial charge on any atom is -0.478 e. The average molecular weight is 317 g/mol. The number of aromatic carboxylic acids is 1. The molecule has 21 heavy (non-hydrogen) atoms. The van der Waals surface area contributed by atoms with Gasteiger partial charge in [-0.05, 0) is 41.5 Å². The molecule has 3 nitrogen and oxygen atoms in total. The van der Waals surface area contributed by atoms with Crippen LogP contribution in [0.1, 0.15) is 10.4 Å². The summed E-state index contributed by atoms with van der Waals surface area (Å²) in [5, 5.41) is 9.13. The zero-order valence-electron chi connectivity index (χ0n) is 10.3. The molecule has 0 spiro atoms. The summed E-state index contributed by atoms with van der Waals surface area (Å²) in [5.41, 5.74) is 0.689. The van der Waals surface area contributed by atoms with Gasteiger partial charge in [-0.25, -0.2) is 4.79 Å². The molecule has 2 rings (SSSR count). The van der Waals surface area contributed by atoms with Crippen LogP contribution in [0.15, 0.2) is 42.5 Å². The quantitative estimate of drug-likeness (QED) is 0.900. The fourth-order valence-corrected chi connectivity index (χ4v) is 1.99. The predicted molar refractivity (Wildman–Crippen MR) is 70.5 cm³/mol. The number of hydrogen-bond acceptors (Lipinski definition) is 2. The topological polar surface area (TPSA) is 46.5 Å². The van der Waals surface area contributed by atoms with Crippen LogP contribution >= 0.6 is 11.6 Å². The van der Waals surface area contributed by atoms with Gasteiger partial charge in [0.15, 0.2) is 0 Å². The molecule has 2 aromatic rings. The molecule has 0 atom stereocenters. The fraction of sp³-hybridized carbons (Fsp3) is 0.0714. The number of halogens is 4. The second-order valence-electron chi connectivity index (χ2n) is 4.11. The van der Waals surface area contributed by atoms with Gasteiger partial charge in [0.1, 0.15) is 5.75 Å². The van der Waals surface area contributed by atoms with E-state index in [2.05, 4.69) is 4.74 Å². The van der Waals surface area contributed by atoms with Crippen molar-refractivity contribution in [1.29, 1.82) is 0 Å². The van der Waals surface area contributed by atoms with Crippen molar-refractivity contribution in [2.24, 2.45) is 0 Å². The Morgan fingerprint density at radius 3 is 2.43 bits per heavy atom. The third-order valence-electron chi connectivity index (χ3n) is 2.55. The van der Waals surface area contributed by atoms with Crippen molar-refractivity contribution >= 4 is 17.6 Å². The van der Waals surface area contributed by atoms with E-state index in [9.17, 15) is 18.0 Å². The van der Waals surface area contributed by atoms with E-state index in [0.717, 1.165) is 12.1 Å². The summed E-state index contributed by atoms with van der Waals surface area (Å²) >= 11 is 5.82. The Kier molecular flexibility index (Phi) is 4.09. The highest BCUT2D eigenvalue weighted by Gasteiger charge is 2.31. The van der Waals surface area contributed by atoms with Gasteiger partial charge in [-0.3, -0.25) is 0 Å². The summed E-state index contributed by atoms with van der Waals surface area (Å²) < 4.78 is 40.4. The Labute approximate surface area is 122 Å². The molecule has 0 saturated heterocycles. The highest BCUT2D eigenvalue weighted by atomic mass is 35.5. The van der Waals surface area contributed by atoms with Crippen LogP contribution in [0, 0.1) is 0 Å². The van der Waals surface area contributed by atoms with E-state index in [0.29, 0.717) is 11.1 Å². The Morgan fingerprint density at radius 2 is 1.81 bits per heavy atom. The molecule has 0 unspecified atom stereocenters. The molecule has 0 aliphatic heterocycles. The van der Waals surface area contributed by atoms with Crippen LogP contribution in [0.5, 0.6) is 5.75 Å². The molecule has 7 heteroatoms. The van der Waals surface area contributed by atoms with Crippen LogP contribution < -0.4 is 4.74 Å². The lowest BCUT2D eigenvalue weighted by atomic mass is 10.0. The zero-order valence-corrected chi connectivity index (χ0v) is 11.1. The number of carbonyl (C=O) groups is 1. The largest absolute Gasteiger partial charge is 0.573 e. The van der Waals surface area contributed by atoms with E-state index in [1.54, 1.807) is 0 Å². The normalized spacial score (nSPS) is 11.2. The summed E-state index contributed by atoms with van der Waals surface area (Å²) in [6.45, 7) is 0. The molecule has 0 bridgehead atoms. The van der Waals surface area contributed by atoms with Gasteiger partial charge in [0.2, 0.25) is 0 Å². The summed E-state index contributed by atoms with van der Waals surface area (Å²) in [6, 6.07) is 9.24. The molecular weight excluding hydrogens is 309 g/mol. The van der Waals surface area contributed by atoms with Crippen molar-refractivity contribution in [2.75, 3.05) is 0 Å². The van der Waals surface area contributed by atoms with Crippen LogP contribution in [0.3, 0.4) is 0 Å². The van der Waals surface area contributed by atoms with Crippen molar-refractivity contribution in [3.8, 4) is 16.9 Å². The van der Waals surface area contributed by atoms with E-state index >= 15 is 0 Å². The lowest BCUT2D eigenvalue weighted by molar-refractivity contribution is -0.274. The lowest BCUT2D eigenvalue weighted by Crippen LogP contribution is -2.17. The van der Waals surface area contributed by atoms with Gasteiger partial charge in [-0.15, -0.1) is 13.2 Å². The van der Waals surface area contributed by atoms with Gasteiger partial charge in [0.05, 0.1) is 5.56 Å². The second kappa shape index (κ2) is 5.65.